The summed E-state index contributed by atoms with van der Waals surface area (Å²) < 4.78 is 5.80. The number of amides is 1. The molecule has 0 spiro atoms. The van der Waals surface area contributed by atoms with Crippen molar-refractivity contribution in [2.45, 2.75) is 6.42 Å². The fourth-order valence-electron chi connectivity index (χ4n) is 1.97. The molecular formula is C16H17BrN2O2. The summed E-state index contributed by atoms with van der Waals surface area (Å²) in [7, 11) is 1.64. The highest BCUT2D eigenvalue weighted by Gasteiger charge is 2.11. The number of methoxy groups -OCH3 is 1. The molecule has 0 fully saturated rings. The summed E-state index contributed by atoms with van der Waals surface area (Å²) in [6.45, 7) is 0.549. The standard InChI is InChI=1S/C16H17BrN2O2/c1-21-12-5-2-4-11(10-12)8-9-19-16(20)13-6-3-7-14(18)15(13)17/h2-7,10H,8-9,18H2,1H3,(H,19,20). The molecule has 0 unspecified atom stereocenters. The third-order valence-corrected chi connectivity index (χ3v) is 3.99. The summed E-state index contributed by atoms with van der Waals surface area (Å²) in [5, 5.41) is 2.89. The van der Waals surface area contributed by atoms with Gasteiger partial charge in [-0.05, 0) is 52.2 Å². The van der Waals surface area contributed by atoms with Gasteiger partial charge in [-0.15, -0.1) is 0 Å². The summed E-state index contributed by atoms with van der Waals surface area (Å²) in [6.07, 6.45) is 0.739. The zero-order valence-corrected chi connectivity index (χ0v) is 13.3. The number of ether oxygens (including phenoxy) is 1. The van der Waals surface area contributed by atoms with E-state index in [1.54, 1.807) is 25.3 Å². The molecule has 0 aromatic heterocycles. The van der Waals surface area contributed by atoms with E-state index in [0.717, 1.165) is 17.7 Å². The first kappa shape index (κ1) is 15.4. The minimum absolute atomic E-state index is 0.142. The van der Waals surface area contributed by atoms with Crippen molar-refractivity contribution in [3.05, 3.63) is 58.1 Å². The van der Waals surface area contributed by atoms with Crippen LogP contribution in [0.3, 0.4) is 0 Å². The molecule has 2 aromatic rings. The van der Waals surface area contributed by atoms with Gasteiger partial charge in [0.2, 0.25) is 0 Å². The van der Waals surface area contributed by atoms with Crippen molar-refractivity contribution in [3.63, 3.8) is 0 Å². The van der Waals surface area contributed by atoms with Gasteiger partial charge in [0.25, 0.3) is 5.91 Å². The van der Waals surface area contributed by atoms with Gasteiger partial charge in [-0.1, -0.05) is 18.2 Å². The Hall–Kier alpha value is -2.01. The number of hydrogen-bond acceptors (Lipinski definition) is 3. The molecule has 0 saturated carbocycles. The van der Waals surface area contributed by atoms with Crippen LogP contribution in [-0.2, 0) is 6.42 Å². The summed E-state index contributed by atoms with van der Waals surface area (Å²) in [6, 6.07) is 13.0. The van der Waals surface area contributed by atoms with Crippen molar-refractivity contribution in [2.75, 3.05) is 19.4 Å². The Morgan fingerprint density at radius 2 is 2.05 bits per heavy atom. The number of anilines is 1. The van der Waals surface area contributed by atoms with Gasteiger partial charge < -0.3 is 15.8 Å². The largest absolute Gasteiger partial charge is 0.497 e. The molecule has 4 nitrogen and oxygen atoms in total. The predicted octanol–water partition coefficient (Wildman–Crippen LogP) is 3.01. The van der Waals surface area contributed by atoms with E-state index in [2.05, 4.69) is 21.2 Å². The van der Waals surface area contributed by atoms with Gasteiger partial charge in [0, 0.05) is 12.2 Å². The number of nitrogens with two attached hydrogens (primary N) is 1. The first-order valence-electron chi connectivity index (χ1n) is 6.57. The second-order valence-corrected chi connectivity index (χ2v) is 5.36. The highest BCUT2D eigenvalue weighted by Crippen LogP contribution is 2.23. The first-order chi connectivity index (χ1) is 10.1. The monoisotopic (exact) mass is 348 g/mol. The quantitative estimate of drug-likeness (QED) is 0.816. The Balaban J connectivity index is 1.94. The fraction of sp³-hybridized carbons (Fsp3) is 0.188. The van der Waals surface area contributed by atoms with E-state index in [1.165, 1.54) is 0 Å². The zero-order chi connectivity index (χ0) is 15.2. The van der Waals surface area contributed by atoms with Crippen molar-refractivity contribution in [1.29, 1.82) is 0 Å². The average Bonchev–Trinajstić information content (AvgIpc) is 2.50. The summed E-state index contributed by atoms with van der Waals surface area (Å²) in [5.74, 6) is 0.675. The predicted molar refractivity (Wildman–Crippen MR) is 87.6 cm³/mol. The summed E-state index contributed by atoms with van der Waals surface area (Å²) in [5.41, 5.74) is 7.98. The number of carbonyl (C=O) groups excluding carboxylic acids is 1. The van der Waals surface area contributed by atoms with Crippen LogP contribution in [0.2, 0.25) is 0 Å². The topological polar surface area (TPSA) is 64.3 Å². The number of carbonyl (C=O) groups is 1. The van der Waals surface area contributed by atoms with Crippen molar-refractivity contribution in [2.24, 2.45) is 0 Å². The third kappa shape index (κ3) is 3.98. The molecule has 0 radical (unpaired) electrons. The lowest BCUT2D eigenvalue weighted by Crippen LogP contribution is -2.26. The molecule has 0 bridgehead atoms. The van der Waals surface area contributed by atoms with Gasteiger partial charge in [-0.25, -0.2) is 0 Å². The first-order valence-corrected chi connectivity index (χ1v) is 7.36. The molecular weight excluding hydrogens is 332 g/mol. The van der Waals surface area contributed by atoms with Crippen LogP contribution in [0, 0.1) is 0 Å². The van der Waals surface area contributed by atoms with Gasteiger partial charge in [0.05, 0.1) is 17.1 Å². The SMILES string of the molecule is COc1cccc(CCNC(=O)c2cccc(N)c2Br)c1. The van der Waals surface area contributed by atoms with E-state index in [9.17, 15) is 4.79 Å². The molecule has 3 N–H and O–H groups in total. The molecule has 2 rings (SSSR count). The lowest BCUT2D eigenvalue weighted by molar-refractivity contribution is 0.0953. The molecule has 21 heavy (non-hydrogen) atoms. The number of rotatable bonds is 5. The zero-order valence-electron chi connectivity index (χ0n) is 11.7. The molecule has 2 aromatic carbocycles. The molecule has 110 valence electrons. The highest BCUT2D eigenvalue weighted by atomic mass is 79.9. The van der Waals surface area contributed by atoms with Crippen molar-refractivity contribution < 1.29 is 9.53 Å². The van der Waals surface area contributed by atoms with Crippen LogP contribution in [0.1, 0.15) is 15.9 Å². The maximum Gasteiger partial charge on any atom is 0.252 e. The van der Waals surface area contributed by atoms with E-state index in [1.807, 2.05) is 24.3 Å². The number of halogens is 1. The van der Waals surface area contributed by atoms with Gasteiger partial charge in [0.15, 0.2) is 0 Å². The smallest absolute Gasteiger partial charge is 0.252 e. The number of nitrogens with one attached hydrogen (secondary N) is 1. The van der Waals surface area contributed by atoms with E-state index < -0.39 is 0 Å². The Labute approximate surface area is 132 Å². The van der Waals surface area contributed by atoms with Crippen molar-refractivity contribution >= 4 is 27.5 Å². The van der Waals surface area contributed by atoms with Crippen LogP contribution in [-0.4, -0.2) is 19.6 Å². The fourth-order valence-corrected chi connectivity index (χ4v) is 2.41. The number of benzene rings is 2. The van der Waals surface area contributed by atoms with Crippen LogP contribution < -0.4 is 15.8 Å². The normalized spacial score (nSPS) is 10.2. The molecule has 5 heteroatoms. The van der Waals surface area contributed by atoms with Gasteiger partial charge in [0.1, 0.15) is 5.75 Å². The lowest BCUT2D eigenvalue weighted by atomic mass is 10.1. The van der Waals surface area contributed by atoms with E-state index in [0.29, 0.717) is 22.3 Å². The summed E-state index contributed by atoms with van der Waals surface area (Å²) >= 11 is 3.33. The van der Waals surface area contributed by atoms with E-state index in [4.69, 9.17) is 10.5 Å². The number of nitrogen functional groups attached to an aromatic ring is 1. The van der Waals surface area contributed by atoms with Crippen molar-refractivity contribution in [1.82, 2.24) is 5.32 Å². The van der Waals surface area contributed by atoms with Gasteiger partial charge in [-0.2, -0.15) is 0 Å². The Bertz CT molecular complexity index is 644. The number of hydrogen-bond donors (Lipinski definition) is 2. The maximum atomic E-state index is 12.1. The van der Waals surface area contributed by atoms with E-state index in [-0.39, 0.29) is 5.91 Å². The Morgan fingerprint density at radius 3 is 2.81 bits per heavy atom. The van der Waals surface area contributed by atoms with Crippen LogP contribution in [0.15, 0.2) is 46.9 Å². The lowest BCUT2D eigenvalue weighted by Gasteiger charge is -2.09. The third-order valence-electron chi connectivity index (χ3n) is 3.11. The Kier molecular flexibility index (Phi) is 5.22. The molecule has 0 aliphatic rings. The second-order valence-electron chi connectivity index (χ2n) is 4.57. The van der Waals surface area contributed by atoms with Crippen LogP contribution in [0.4, 0.5) is 5.69 Å². The highest BCUT2D eigenvalue weighted by molar-refractivity contribution is 9.10. The van der Waals surface area contributed by atoms with E-state index >= 15 is 0 Å². The maximum absolute atomic E-state index is 12.1. The Morgan fingerprint density at radius 1 is 1.29 bits per heavy atom. The minimum atomic E-state index is -0.142. The molecule has 0 heterocycles. The van der Waals surface area contributed by atoms with Crippen LogP contribution in [0.25, 0.3) is 0 Å². The van der Waals surface area contributed by atoms with Crippen molar-refractivity contribution in [3.8, 4) is 5.75 Å². The molecule has 0 aliphatic heterocycles. The molecule has 1 amide bonds. The van der Waals surface area contributed by atoms with Gasteiger partial charge >= 0.3 is 0 Å². The summed E-state index contributed by atoms with van der Waals surface area (Å²) in [4.78, 5) is 12.1. The molecule has 0 aliphatic carbocycles. The second kappa shape index (κ2) is 7.13. The van der Waals surface area contributed by atoms with Crippen LogP contribution >= 0.6 is 15.9 Å². The molecule has 0 atom stereocenters. The average molecular weight is 349 g/mol. The molecule has 0 saturated heterocycles. The van der Waals surface area contributed by atoms with Gasteiger partial charge in [-0.3, -0.25) is 4.79 Å². The van der Waals surface area contributed by atoms with Crippen LogP contribution in [0.5, 0.6) is 5.75 Å². The minimum Gasteiger partial charge on any atom is -0.497 e.